The van der Waals surface area contributed by atoms with Crippen LogP contribution in [0.3, 0.4) is 0 Å². The number of hydrogen-bond donors (Lipinski definition) is 1. The first kappa shape index (κ1) is 15.2. The molecule has 0 spiro atoms. The molecule has 0 amide bonds. The van der Waals surface area contributed by atoms with Gasteiger partial charge in [-0.25, -0.2) is 4.68 Å². The minimum Gasteiger partial charge on any atom is -0.481 e. The van der Waals surface area contributed by atoms with Gasteiger partial charge in [0.25, 0.3) is 0 Å². The molecule has 1 N–H and O–H groups in total. The van der Waals surface area contributed by atoms with Crippen molar-refractivity contribution in [3.8, 4) is 0 Å². The molecule has 0 aliphatic carbocycles. The molecule has 6 nitrogen and oxygen atoms in total. The molecule has 6 heteroatoms. The van der Waals surface area contributed by atoms with Crippen LogP contribution in [-0.2, 0) is 23.2 Å². The van der Waals surface area contributed by atoms with Gasteiger partial charge in [-0.05, 0) is 28.8 Å². The van der Waals surface area contributed by atoms with Crippen LogP contribution >= 0.6 is 0 Å². The Hall–Kier alpha value is -2.24. The lowest BCUT2D eigenvalue weighted by molar-refractivity contribution is -0.137. The number of aliphatic carboxylic acids is 1. The van der Waals surface area contributed by atoms with E-state index in [2.05, 4.69) is 41.5 Å². The fraction of sp³-hybridized carbons (Fsp3) is 0.467. The van der Waals surface area contributed by atoms with Gasteiger partial charge in [0, 0.05) is 18.4 Å². The number of nitrogens with zero attached hydrogens (tertiary/aromatic N) is 4. The first-order valence-electron chi connectivity index (χ1n) is 7.01. The van der Waals surface area contributed by atoms with Crippen LogP contribution in [0.2, 0.25) is 0 Å². The Morgan fingerprint density at radius 2 is 2.00 bits per heavy atom. The quantitative estimate of drug-likeness (QED) is 0.843. The smallest absolute Gasteiger partial charge is 0.303 e. The minimum absolute atomic E-state index is 0.123. The molecule has 112 valence electrons. The fourth-order valence-electron chi connectivity index (χ4n) is 2.41. The van der Waals surface area contributed by atoms with E-state index in [1.165, 1.54) is 5.56 Å². The lowest BCUT2D eigenvalue weighted by Gasteiger charge is -2.23. The molecule has 2 aromatic rings. The van der Waals surface area contributed by atoms with Crippen LogP contribution in [0.25, 0.3) is 0 Å². The van der Waals surface area contributed by atoms with Gasteiger partial charge in [-0.3, -0.25) is 4.79 Å². The van der Waals surface area contributed by atoms with E-state index in [-0.39, 0.29) is 11.8 Å². The molecule has 1 aromatic carbocycles. The van der Waals surface area contributed by atoms with Crippen molar-refractivity contribution in [2.45, 2.75) is 45.1 Å². The molecular formula is C15H20N4O2. The van der Waals surface area contributed by atoms with Crippen molar-refractivity contribution in [1.29, 1.82) is 0 Å². The SMILES string of the molecule is CC(C)(Cc1ccccc1)c1nnnn1CCCC(=O)O. The molecule has 0 radical (unpaired) electrons. The summed E-state index contributed by atoms with van der Waals surface area (Å²) in [5.41, 5.74) is 1.01. The molecular weight excluding hydrogens is 268 g/mol. The second-order valence-corrected chi connectivity index (χ2v) is 5.77. The zero-order valence-corrected chi connectivity index (χ0v) is 12.4. The monoisotopic (exact) mass is 288 g/mol. The summed E-state index contributed by atoms with van der Waals surface area (Å²) < 4.78 is 1.71. The number of tetrazole rings is 1. The molecule has 0 aliphatic rings. The molecule has 0 atom stereocenters. The van der Waals surface area contributed by atoms with E-state index in [9.17, 15) is 4.79 Å². The summed E-state index contributed by atoms with van der Waals surface area (Å²) in [4.78, 5) is 10.6. The Morgan fingerprint density at radius 3 is 2.67 bits per heavy atom. The van der Waals surface area contributed by atoms with Crippen LogP contribution in [0.15, 0.2) is 30.3 Å². The zero-order chi connectivity index (χ0) is 15.3. The van der Waals surface area contributed by atoms with Crippen molar-refractivity contribution in [2.75, 3.05) is 0 Å². The minimum atomic E-state index is -0.798. The van der Waals surface area contributed by atoms with Gasteiger partial charge >= 0.3 is 5.97 Å². The molecule has 2 rings (SSSR count). The van der Waals surface area contributed by atoms with Gasteiger partial charge < -0.3 is 5.11 Å². The Bertz CT molecular complexity index is 593. The highest BCUT2D eigenvalue weighted by molar-refractivity contribution is 5.66. The molecule has 0 aliphatic heterocycles. The lowest BCUT2D eigenvalue weighted by atomic mass is 9.85. The summed E-state index contributed by atoms with van der Waals surface area (Å²) >= 11 is 0. The second-order valence-electron chi connectivity index (χ2n) is 5.77. The molecule has 0 fully saturated rings. The van der Waals surface area contributed by atoms with Crippen molar-refractivity contribution in [1.82, 2.24) is 20.2 Å². The number of rotatable bonds is 7. The van der Waals surface area contributed by atoms with E-state index in [0.717, 1.165) is 12.2 Å². The van der Waals surface area contributed by atoms with E-state index in [1.54, 1.807) is 4.68 Å². The Kier molecular flexibility index (Phi) is 4.67. The number of carboxylic acid groups (broad SMARTS) is 1. The standard InChI is InChI=1S/C15H20N4O2/c1-15(2,11-12-7-4-3-5-8-12)14-16-17-18-19(14)10-6-9-13(20)21/h3-5,7-8H,6,9-11H2,1-2H3,(H,20,21). The maximum atomic E-state index is 10.6. The first-order valence-corrected chi connectivity index (χ1v) is 7.01. The van der Waals surface area contributed by atoms with Crippen molar-refractivity contribution in [2.24, 2.45) is 0 Å². The predicted octanol–water partition coefficient (Wildman–Crippen LogP) is 2.06. The van der Waals surface area contributed by atoms with E-state index < -0.39 is 5.97 Å². The molecule has 0 saturated carbocycles. The van der Waals surface area contributed by atoms with Gasteiger partial charge in [-0.15, -0.1) is 5.10 Å². The summed E-state index contributed by atoms with van der Waals surface area (Å²) in [6, 6.07) is 10.2. The number of carboxylic acids is 1. The molecule has 0 saturated heterocycles. The maximum absolute atomic E-state index is 10.6. The molecule has 0 bridgehead atoms. The highest BCUT2D eigenvalue weighted by Crippen LogP contribution is 2.25. The first-order chi connectivity index (χ1) is 9.99. The normalized spacial score (nSPS) is 11.5. The van der Waals surface area contributed by atoms with Gasteiger partial charge in [-0.1, -0.05) is 44.2 Å². The maximum Gasteiger partial charge on any atom is 0.303 e. The lowest BCUT2D eigenvalue weighted by Crippen LogP contribution is -2.26. The van der Waals surface area contributed by atoms with E-state index in [4.69, 9.17) is 5.11 Å². The van der Waals surface area contributed by atoms with Crippen molar-refractivity contribution in [3.63, 3.8) is 0 Å². The topological polar surface area (TPSA) is 80.9 Å². The highest BCUT2D eigenvalue weighted by atomic mass is 16.4. The summed E-state index contributed by atoms with van der Waals surface area (Å²) in [5, 5.41) is 20.6. The molecule has 0 unspecified atom stereocenters. The van der Waals surface area contributed by atoms with E-state index >= 15 is 0 Å². The predicted molar refractivity (Wildman–Crippen MR) is 77.9 cm³/mol. The number of aromatic nitrogens is 4. The third-order valence-corrected chi connectivity index (χ3v) is 3.39. The van der Waals surface area contributed by atoms with E-state index in [1.807, 2.05) is 18.2 Å². The molecule has 21 heavy (non-hydrogen) atoms. The average molecular weight is 288 g/mol. The van der Waals surface area contributed by atoms with Crippen LogP contribution in [0.1, 0.15) is 38.1 Å². The summed E-state index contributed by atoms with van der Waals surface area (Å²) in [6.45, 7) is 4.71. The Labute approximate surface area is 123 Å². The number of hydrogen-bond acceptors (Lipinski definition) is 4. The van der Waals surface area contributed by atoms with Crippen LogP contribution in [-0.4, -0.2) is 31.3 Å². The fourth-order valence-corrected chi connectivity index (χ4v) is 2.41. The summed E-state index contributed by atoms with van der Waals surface area (Å²) in [7, 11) is 0. The summed E-state index contributed by atoms with van der Waals surface area (Å²) in [5.74, 6) is -0.00934. The third-order valence-electron chi connectivity index (χ3n) is 3.39. The van der Waals surface area contributed by atoms with Gasteiger partial charge in [0.2, 0.25) is 0 Å². The highest BCUT2D eigenvalue weighted by Gasteiger charge is 2.27. The molecule has 1 aromatic heterocycles. The van der Waals surface area contributed by atoms with Gasteiger partial charge in [-0.2, -0.15) is 0 Å². The van der Waals surface area contributed by atoms with Crippen LogP contribution < -0.4 is 0 Å². The number of carbonyl (C=O) groups is 1. The largest absolute Gasteiger partial charge is 0.481 e. The van der Waals surface area contributed by atoms with Crippen molar-refractivity contribution in [3.05, 3.63) is 41.7 Å². The second kappa shape index (κ2) is 6.47. The average Bonchev–Trinajstić information content (AvgIpc) is 2.88. The van der Waals surface area contributed by atoms with Gasteiger partial charge in [0.1, 0.15) is 0 Å². The van der Waals surface area contributed by atoms with Crippen LogP contribution in [0.5, 0.6) is 0 Å². The Morgan fingerprint density at radius 1 is 1.29 bits per heavy atom. The third kappa shape index (κ3) is 4.11. The van der Waals surface area contributed by atoms with Crippen molar-refractivity contribution >= 4 is 5.97 Å². The van der Waals surface area contributed by atoms with Crippen LogP contribution in [0, 0.1) is 0 Å². The number of aryl methyl sites for hydroxylation is 1. The zero-order valence-electron chi connectivity index (χ0n) is 12.4. The molecule has 1 heterocycles. The Balaban J connectivity index is 2.09. The van der Waals surface area contributed by atoms with Gasteiger partial charge in [0.15, 0.2) is 5.82 Å². The van der Waals surface area contributed by atoms with Crippen molar-refractivity contribution < 1.29 is 9.90 Å². The summed E-state index contributed by atoms with van der Waals surface area (Å²) in [6.07, 6.45) is 1.47. The van der Waals surface area contributed by atoms with Crippen LogP contribution in [0.4, 0.5) is 0 Å². The van der Waals surface area contributed by atoms with E-state index in [0.29, 0.717) is 13.0 Å². The number of benzene rings is 1. The van der Waals surface area contributed by atoms with Gasteiger partial charge in [0.05, 0.1) is 0 Å².